The van der Waals surface area contributed by atoms with Crippen molar-refractivity contribution >= 4 is 25.3 Å². The highest BCUT2D eigenvalue weighted by molar-refractivity contribution is 7.99. The zero-order valence-electron chi connectivity index (χ0n) is 24.5. The molecule has 0 aliphatic heterocycles. The highest BCUT2D eigenvalue weighted by Crippen LogP contribution is 2.49. The largest absolute Gasteiger partial charge is 0.479 e. The van der Waals surface area contributed by atoms with E-state index in [0.29, 0.717) is 6.42 Å². The van der Waals surface area contributed by atoms with Crippen LogP contribution in [0, 0.1) is 0 Å². The van der Waals surface area contributed by atoms with Crippen molar-refractivity contribution in [3.63, 3.8) is 0 Å². The van der Waals surface area contributed by atoms with Crippen molar-refractivity contribution in [1.82, 2.24) is 0 Å². The number of carbonyl (C=O) groups is 1. The van der Waals surface area contributed by atoms with E-state index in [2.05, 4.69) is 13.8 Å². The first kappa shape index (κ1) is 36.9. The zero-order valence-corrected chi connectivity index (χ0v) is 26.2. The Balaban J connectivity index is 4.65. The van der Waals surface area contributed by atoms with Crippen molar-refractivity contribution in [2.75, 3.05) is 12.4 Å². The van der Waals surface area contributed by atoms with Gasteiger partial charge in [-0.1, -0.05) is 124 Å². The van der Waals surface area contributed by atoms with Crippen molar-refractivity contribution in [2.45, 2.75) is 167 Å². The van der Waals surface area contributed by atoms with Crippen LogP contribution in [0.15, 0.2) is 0 Å². The van der Waals surface area contributed by atoms with Gasteiger partial charge in [0.2, 0.25) is 0 Å². The standard InChI is InChI=1S/C29H59O6PS/c1-5-8-10-12-14-15-16-18-20-22-25-37-27(23-21-19-17-13-11-9-6-2)26(4)35-29(28(30)31)36(32,33)34-24-7-3/h26-27,29H,5-25H2,1-4H3,(H,30,31)(H,32,33). The normalized spacial score (nSPS) is 15.8. The van der Waals surface area contributed by atoms with E-state index in [-0.39, 0.29) is 11.9 Å². The van der Waals surface area contributed by atoms with Crippen LogP contribution in [0.1, 0.15) is 150 Å². The first-order valence-corrected chi connectivity index (χ1v) is 18.0. The molecule has 0 saturated heterocycles. The first-order valence-electron chi connectivity index (χ1n) is 15.3. The summed E-state index contributed by atoms with van der Waals surface area (Å²) in [6.45, 7) is 8.15. The minimum atomic E-state index is -4.40. The summed E-state index contributed by atoms with van der Waals surface area (Å²) in [4.78, 5) is 22.0. The van der Waals surface area contributed by atoms with Crippen LogP contribution in [0.2, 0.25) is 0 Å². The SMILES string of the molecule is CCCCCCCCCCCCSC(CCCCCCCCC)C(C)OC(C(=O)O)P(=O)(O)OCCC. The molecule has 6 nitrogen and oxygen atoms in total. The summed E-state index contributed by atoms with van der Waals surface area (Å²) in [7, 11) is -4.40. The van der Waals surface area contributed by atoms with Crippen LogP contribution in [-0.4, -0.2) is 45.5 Å². The van der Waals surface area contributed by atoms with Crippen molar-refractivity contribution in [3.8, 4) is 0 Å². The molecule has 0 aromatic rings. The van der Waals surface area contributed by atoms with Crippen LogP contribution in [0.4, 0.5) is 0 Å². The van der Waals surface area contributed by atoms with Gasteiger partial charge in [-0.3, -0.25) is 4.57 Å². The topological polar surface area (TPSA) is 93.1 Å². The van der Waals surface area contributed by atoms with Crippen LogP contribution < -0.4 is 0 Å². The summed E-state index contributed by atoms with van der Waals surface area (Å²) >= 11 is 1.83. The molecule has 0 heterocycles. The van der Waals surface area contributed by atoms with E-state index in [1.54, 1.807) is 0 Å². The van der Waals surface area contributed by atoms with Crippen molar-refractivity contribution in [3.05, 3.63) is 0 Å². The number of carboxylic acids is 1. The van der Waals surface area contributed by atoms with Gasteiger partial charge in [-0.05, 0) is 31.9 Å². The molecule has 0 radical (unpaired) electrons. The van der Waals surface area contributed by atoms with Crippen molar-refractivity contribution in [2.24, 2.45) is 0 Å². The van der Waals surface area contributed by atoms with E-state index < -0.39 is 25.5 Å². The smallest absolute Gasteiger partial charge is 0.368 e. The second kappa shape index (κ2) is 24.9. The summed E-state index contributed by atoms with van der Waals surface area (Å²) in [6, 6.07) is 0. The molecular weight excluding hydrogens is 507 g/mol. The molecular formula is C29H59O6PS. The minimum Gasteiger partial charge on any atom is -0.479 e. The average Bonchev–Trinajstić information content (AvgIpc) is 2.86. The molecule has 8 heteroatoms. The molecule has 4 unspecified atom stereocenters. The summed E-state index contributed by atoms with van der Waals surface area (Å²) in [5, 5.41) is 9.69. The molecule has 0 aromatic heterocycles. The van der Waals surface area contributed by atoms with Gasteiger partial charge in [0.1, 0.15) is 0 Å². The quantitative estimate of drug-likeness (QED) is 0.0719. The van der Waals surface area contributed by atoms with Gasteiger partial charge in [0.05, 0.1) is 12.7 Å². The number of hydrogen-bond donors (Lipinski definition) is 2. The Morgan fingerprint density at radius 3 is 1.68 bits per heavy atom. The number of hydrogen-bond acceptors (Lipinski definition) is 5. The maximum atomic E-state index is 12.5. The predicted octanol–water partition coefficient (Wildman–Crippen LogP) is 9.58. The molecule has 222 valence electrons. The summed E-state index contributed by atoms with van der Waals surface area (Å²) in [5.74, 6) is -2.28. The molecule has 4 atom stereocenters. The van der Waals surface area contributed by atoms with Crippen LogP contribution in [0.3, 0.4) is 0 Å². The van der Waals surface area contributed by atoms with Gasteiger partial charge >= 0.3 is 13.6 Å². The Hall–Kier alpha value is -0.0700. The minimum absolute atomic E-state index is 0.0320. The molecule has 0 bridgehead atoms. The van der Waals surface area contributed by atoms with E-state index in [1.807, 2.05) is 25.6 Å². The lowest BCUT2D eigenvalue weighted by atomic mass is 10.1. The molecule has 0 aliphatic rings. The molecule has 2 N–H and O–H groups in total. The van der Waals surface area contributed by atoms with E-state index in [0.717, 1.165) is 31.4 Å². The first-order chi connectivity index (χ1) is 17.8. The molecule has 0 rings (SSSR count). The molecule has 0 aromatic carbocycles. The summed E-state index contributed by atoms with van der Waals surface area (Å²) in [5.41, 5.74) is 0. The van der Waals surface area contributed by atoms with Gasteiger partial charge < -0.3 is 19.3 Å². The molecule has 37 heavy (non-hydrogen) atoms. The Labute approximate surface area is 233 Å². The molecule has 0 fully saturated rings. The average molecular weight is 567 g/mol. The van der Waals surface area contributed by atoms with Crippen LogP contribution in [0.25, 0.3) is 0 Å². The van der Waals surface area contributed by atoms with Gasteiger partial charge in [-0.25, -0.2) is 4.79 Å². The number of thioether (sulfide) groups is 1. The van der Waals surface area contributed by atoms with Crippen LogP contribution >= 0.6 is 19.4 Å². The number of aliphatic carboxylic acids is 1. The fourth-order valence-corrected chi connectivity index (χ4v) is 6.98. The monoisotopic (exact) mass is 566 g/mol. The third kappa shape index (κ3) is 20.5. The van der Waals surface area contributed by atoms with E-state index in [4.69, 9.17) is 9.26 Å². The fraction of sp³-hybridized carbons (Fsp3) is 0.966. The second-order valence-electron chi connectivity index (χ2n) is 10.4. The Bertz CT molecular complexity index is 577. The van der Waals surface area contributed by atoms with Gasteiger partial charge in [-0.15, -0.1) is 0 Å². The Morgan fingerprint density at radius 1 is 0.757 bits per heavy atom. The maximum absolute atomic E-state index is 12.5. The zero-order chi connectivity index (χ0) is 27.8. The van der Waals surface area contributed by atoms with Gasteiger partial charge in [0.15, 0.2) is 0 Å². The molecule has 0 amide bonds. The predicted molar refractivity (Wildman–Crippen MR) is 159 cm³/mol. The fourth-order valence-electron chi connectivity index (χ4n) is 4.44. The molecule has 0 saturated carbocycles. The van der Waals surface area contributed by atoms with Crippen molar-refractivity contribution in [1.29, 1.82) is 0 Å². The number of unbranched alkanes of at least 4 members (excludes halogenated alkanes) is 15. The number of rotatable bonds is 28. The summed E-state index contributed by atoms with van der Waals surface area (Å²) < 4.78 is 23.3. The third-order valence-corrected chi connectivity index (χ3v) is 9.84. The van der Waals surface area contributed by atoms with Gasteiger partial charge in [-0.2, -0.15) is 11.8 Å². The summed E-state index contributed by atoms with van der Waals surface area (Å²) in [6.07, 6.45) is 22.6. The van der Waals surface area contributed by atoms with E-state index in [9.17, 15) is 19.4 Å². The molecule has 0 spiro atoms. The Morgan fingerprint density at radius 2 is 1.22 bits per heavy atom. The number of ether oxygens (including phenoxy) is 1. The maximum Gasteiger partial charge on any atom is 0.368 e. The highest BCUT2D eigenvalue weighted by Gasteiger charge is 2.42. The third-order valence-electron chi connectivity index (χ3n) is 6.78. The Kier molecular flexibility index (Phi) is 24.9. The lowest BCUT2D eigenvalue weighted by Crippen LogP contribution is -2.34. The number of carboxylic acid groups (broad SMARTS) is 1. The van der Waals surface area contributed by atoms with Crippen LogP contribution in [0.5, 0.6) is 0 Å². The van der Waals surface area contributed by atoms with E-state index in [1.165, 1.54) is 89.9 Å². The second-order valence-corrected chi connectivity index (χ2v) is 13.6. The highest BCUT2D eigenvalue weighted by atomic mass is 32.2. The van der Waals surface area contributed by atoms with Crippen molar-refractivity contribution < 1.29 is 28.6 Å². The van der Waals surface area contributed by atoms with Gasteiger partial charge in [0.25, 0.3) is 5.85 Å². The lowest BCUT2D eigenvalue weighted by molar-refractivity contribution is -0.148. The lowest BCUT2D eigenvalue weighted by Gasteiger charge is -2.28. The van der Waals surface area contributed by atoms with E-state index >= 15 is 0 Å². The van der Waals surface area contributed by atoms with Gasteiger partial charge in [0, 0.05) is 5.25 Å². The van der Waals surface area contributed by atoms with Crippen LogP contribution in [-0.2, 0) is 18.6 Å². The molecule has 0 aliphatic carbocycles.